The summed E-state index contributed by atoms with van der Waals surface area (Å²) >= 11 is 5.80. The lowest BCUT2D eigenvalue weighted by Crippen LogP contribution is -2.42. The largest absolute Gasteiger partial charge is 0.385 e. The fourth-order valence-electron chi connectivity index (χ4n) is 2.83. The summed E-state index contributed by atoms with van der Waals surface area (Å²) < 4.78 is 18.4. The lowest BCUT2D eigenvalue weighted by atomic mass is 9.94. The molecule has 1 N–H and O–H groups in total. The van der Waals surface area contributed by atoms with Crippen molar-refractivity contribution in [1.82, 2.24) is 4.90 Å². The van der Waals surface area contributed by atoms with Crippen LogP contribution in [0.2, 0.25) is 5.02 Å². The molecule has 1 aromatic rings. The molecule has 1 heterocycles. The van der Waals surface area contributed by atoms with E-state index in [1.54, 1.807) is 18.1 Å². The number of methoxy groups -OCH3 is 1. The molecule has 1 aromatic carbocycles. The third-order valence-electron chi connectivity index (χ3n) is 3.88. The van der Waals surface area contributed by atoms with Gasteiger partial charge in [0.2, 0.25) is 0 Å². The fourth-order valence-corrected chi connectivity index (χ4v) is 3.05. The number of hydrogen-bond donors (Lipinski definition) is 1. The van der Waals surface area contributed by atoms with Crippen molar-refractivity contribution in [2.75, 3.05) is 32.1 Å². The van der Waals surface area contributed by atoms with Gasteiger partial charge in [0.25, 0.3) is 0 Å². The number of amides is 2. The van der Waals surface area contributed by atoms with Gasteiger partial charge in [-0.1, -0.05) is 11.6 Å². The number of rotatable bonds is 5. The maximum Gasteiger partial charge on any atom is 0.321 e. The molecule has 0 aromatic heterocycles. The molecule has 122 valence electrons. The van der Waals surface area contributed by atoms with E-state index in [2.05, 4.69) is 5.32 Å². The summed E-state index contributed by atoms with van der Waals surface area (Å²) in [6, 6.07) is 3.83. The van der Waals surface area contributed by atoms with Gasteiger partial charge in [-0.05, 0) is 49.8 Å². The summed E-state index contributed by atoms with van der Waals surface area (Å²) in [5, 5.41) is 2.99. The van der Waals surface area contributed by atoms with Crippen molar-refractivity contribution in [3.8, 4) is 0 Å². The highest BCUT2D eigenvalue weighted by Crippen LogP contribution is 2.23. The van der Waals surface area contributed by atoms with Crippen molar-refractivity contribution >= 4 is 23.3 Å². The van der Waals surface area contributed by atoms with Gasteiger partial charge in [0.05, 0.1) is 0 Å². The molecule has 1 aliphatic rings. The predicted molar refractivity (Wildman–Crippen MR) is 85.8 cm³/mol. The number of hydrogen-bond acceptors (Lipinski definition) is 2. The number of halogens is 2. The molecule has 0 bridgehead atoms. The van der Waals surface area contributed by atoms with Crippen molar-refractivity contribution in [3.63, 3.8) is 0 Å². The molecular formula is C16H22ClFN2O2. The Labute approximate surface area is 135 Å². The van der Waals surface area contributed by atoms with Crippen LogP contribution >= 0.6 is 11.6 Å². The Kier molecular flexibility index (Phi) is 6.46. The monoisotopic (exact) mass is 328 g/mol. The summed E-state index contributed by atoms with van der Waals surface area (Å²) in [6.07, 6.45) is 4.20. The topological polar surface area (TPSA) is 41.6 Å². The van der Waals surface area contributed by atoms with Crippen LogP contribution in [-0.4, -0.2) is 37.7 Å². The number of ether oxygens (including phenoxy) is 1. The second-order valence-electron chi connectivity index (χ2n) is 5.68. The molecule has 0 radical (unpaired) electrons. The molecule has 22 heavy (non-hydrogen) atoms. The van der Waals surface area contributed by atoms with Crippen LogP contribution in [0.3, 0.4) is 0 Å². The van der Waals surface area contributed by atoms with Crippen molar-refractivity contribution in [2.45, 2.75) is 25.7 Å². The molecule has 6 heteroatoms. The van der Waals surface area contributed by atoms with Crippen LogP contribution in [0.4, 0.5) is 14.9 Å². The van der Waals surface area contributed by atoms with Crippen LogP contribution < -0.4 is 5.32 Å². The minimum Gasteiger partial charge on any atom is -0.385 e. The maximum absolute atomic E-state index is 13.3. The van der Waals surface area contributed by atoms with Gasteiger partial charge >= 0.3 is 6.03 Å². The number of piperidine rings is 1. The molecule has 2 rings (SSSR count). The number of nitrogens with one attached hydrogen (secondary N) is 1. The Morgan fingerprint density at radius 3 is 3.05 bits per heavy atom. The number of urea groups is 1. The molecular weight excluding hydrogens is 307 g/mol. The smallest absolute Gasteiger partial charge is 0.321 e. The van der Waals surface area contributed by atoms with E-state index in [1.165, 1.54) is 12.1 Å². The Morgan fingerprint density at radius 2 is 2.32 bits per heavy atom. The zero-order valence-corrected chi connectivity index (χ0v) is 13.5. The Hall–Kier alpha value is -1.33. The highest BCUT2D eigenvalue weighted by molar-refractivity contribution is 6.30. The third-order valence-corrected chi connectivity index (χ3v) is 4.10. The van der Waals surface area contributed by atoms with E-state index in [-0.39, 0.29) is 11.1 Å². The number of carbonyl (C=O) groups is 1. The van der Waals surface area contributed by atoms with Gasteiger partial charge in [-0.25, -0.2) is 9.18 Å². The van der Waals surface area contributed by atoms with Gasteiger partial charge in [-0.3, -0.25) is 0 Å². The van der Waals surface area contributed by atoms with Crippen molar-refractivity contribution < 1.29 is 13.9 Å². The van der Waals surface area contributed by atoms with Gasteiger partial charge in [0.15, 0.2) is 0 Å². The zero-order chi connectivity index (χ0) is 15.9. The normalized spacial score (nSPS) is 18.3. The van der Waals surface area contributed by atoms with Crippen LogP contribution in [0, 0.1) is 11.7 Å². The van der Waals surface area contributed by atoms with E-state index >= 15 is 0 Å². The van der Waals surface area contributed by atoms with Crippen LogP contribution in [0.1, 0.15) is 25.7 Å². The molecule has 0 spiro atoms. The summed E-state index contributed by atoms with van der Waals surface area (Å²) in [5.74, 6) is 0.0460. The van der Waals surface area contributed by atoms with Crippen LogP contribution in [-0.2, 0) is 4.74 Å². The van der Waals surface area contributed by atoms with Crippen molar-refractivity contribution in [1.29, 1.82) is 0 Å². The van der Waals surface area contributed by atoms with E-state index < -0.39 is 5.82 Å². The van der Waals surface area contributed by atoms with E-state index in [0.29, 0.717) is 11.6 Å². The predicted octanol–water partition coefficient (Wildman–Crippen LogP) is 4.15. The highest BCUT2D eigenvalue weighted by atomic mass is 35.5. The number of likely N-dealkylation sites (tertiary alicyclic amines) is 1. The first kappa shape index (κ1) is 17.0. The van der Waals surface area contributed by atoms with Gasteiger partial charge in [0, 0.05) is 37.5 Å². The number of benzene rings is 1. The third kappa shape index (κ3) is 5.14. The average molecular weight is 329 g/mol. The Bertz CT molecular complexity index is 493. The van der Waals surface area contributed by atoms with E-state index in [1.807, 2.05) is 0 Å². The van der Waals surface area contributed by atoms with Crippen LogP contribution in [0.15, 0.2) is 18.2 Å². The highest BCUT2D eigenvalue weighted by Gasteiger charge is 2.23. The first-order chi connectivity index (χ1) is 10.6. The molecule has 1 aliphatic heterocycles. The molecule has 2 amide bonds. The SMILES string of the molecule is COCCC[C@H]1CCCN(C(=O)Nc2cc(F)cc(Cl)c2)C1. The summed E-state index contributed by atoms with van der Waals surface area (Å²) in [4.78, 5) is 14.1. The zero-order valence-electron chi connectivity index (χ0n) is 12.8. The quantitative estimate of drug-likeness (QED) is 0.825. The van der Waals surface area contributed by atoms with Gasteiger partial charge in [0.1, 0.15) is 5.82 Å². The van der Waals surface area contributed by atoms with Crippen LogP contribution in [0.25, 0.3) is 0 Å². The number of nitrogens with zero attached hydrogens (tertiary/aromatic N) is 1. The standard InChI is InChI=1S/C16H22ClFN2O2/c1-22-7-3-5-12-4-2-6-20(11-12)16(21)19-15-9-13(17)8-14(18)10-15/h8-10,12H,2-7,11H2,1H3,(H,19,21)/t12-/m1/s1. The minimum atomic E-state index is -0.459. The molecule has 4 nitrogen and oxygen atoms in total. The van der Waals surface area contributed by atoms with Crippen molar-refractivity contribution in [2.24, 2.45) is 5.92 Å². The van der Waals surface area contributed by atoms with Gasteiger partial charge in [-0.2, -0.15) is 0 Å². The lowest BCUT2D eigenvalue weighted by molar-refractivity contribution is 0.156. The number of anilines is 1. The molecule has 0 unspecified atom stereocenters. The molecule has 0 aliphatic carbocycles. The Balaban J connectivity index is 1.88. The first-order valence-electron chi connectivity index (χ1n) is 7.59. The van der Waals surface area contributed by atoms with Gasteiger partial charge in [-0.15, -0.1) is 0 Å². The lowest BCUT2D eigenvalue weighted by Gasteiger charge is -2.32. The molecule has 1 fully saturated rings. The van der Waals surface area contributed by atoms with E-state index in [9.17, 15) is 9.18 Å². The fraction of sp³-hybridized carbons (Fsp3) is 0.562. The van der Waals surface area contributed by atoms with Gasteiger partial charge < -0.3 is 15.0 Å². The second kappa shape index (κ2) is 8.34. The average Bonchev–Trinajstić information content (AvgIpc) is 2.47. The molecule has 0 saturated carbocycles. The Morgan fingerprint density at radius 1 is 1.50 bits per heavy atom. The van der Waals surface area contributed by atoms with Crippen molar-refractivity contribution in [3.05, 3.63) is 29.0 Å². The molecule has 1 atom stereocenters. The maximum atomic E-state index is 13.3. The van der Waals surface area contributed by atoms with E-state index in [0.717, 1.165) is 45.4 Å². The van der Waals surface area contributed by atoms with E-state index in [4.69, 9.17) is 16.3 Å². The summed E-state index contributed by atoms with van der Waals surface area (Å²) in [6.45, 7) is 2.22. The second-order valence-corrected chi connectivity index (χ2v) is 6.11. The summed E-state index contributed by atoms with van der Waals surface area (Å²) in [5.41, 5.74) is 0.386. The number of carbonyl (C=O) groups excluding carboxylic acids is 1. The van der Waals surface area contributed by atoms with Crippen LogP contribution in [0.5, 0.6) is 0 Å². The first-order valence-corrected chi connectivity index (χ1v) is 7.97. The summed E-state index contributed by atoms with van der Waals surface area (Å²) in [7, 11) is 1.70. The minimum absolute atomic E-state index is 0.196. The molecule has 1 saturated heterocycles.